The lowest BCUT2D eigenvalue weighted by molar-refractivity contribution is 0.284. The highest BCUT2D eigenvalue weighted by Crippen LogP contribution is 2.33. The fourth-order valence-electron chi connectivity index (χ4n) is 3.84. The van der Waals surface area contributed by atoms with E-state index >= 15 is 0 Å². The van der Waals surface area contributed by atoms with Gasteiger partial charge >= 0.3 is 0 Å². The molecule has 3 aromatic rings. The molecule has 4 rings (SSSR count). The molecule has 0 saturated heterocycles. The first-order valence-electron chi connectivity index (χ1n) is 8.80. The molecule has 0 unspecified atom stereocenters. The summed E-state index contributed by atoms with van der Waals surface area (Å²) in [6, 6.07) is 8.60. The highest BCUT2D eigenvalue weighted by Gasteiger charge is 2.18. The van der Waals surface area contributed by atoms with Crippen LogP contribution in [0.4, 0.5) is 0 Å². The molecule has 0 spiro atoms. The van der Waals surface area contributed by atoms with Crippen LogP contribution in [0.5, 0.6) is 0 Å². The van der Waals surface area contributed by atoms with Crippen LogP contribution in [0.2, 0.25) is 0 Å². The fourth-order valence-corrected chi connectivity index (χ4v) is 4.76. The van der Waals surface area contributed by atoms with Crippen molar-refractivity contribution in [2.24, 2.45) is 5.92 Å². The second kappa shape index (κ2) is 6.62. The quantitative estimate of drug-likeness (QED) is 0.745. The Morgan fingerprint density at radius 3 is 2.84 bits per heavy atom. The molecule has 1 saturated carbocycles. The molecule has 2 aromatic heterocycles. The van der Waals surface area contributed by atoms with E-state index in [0.29, 0.717) is 0 Å². The summed E-state index contributed by atoms with van der Waals surface area (Å²) in [6.45, 7) is 2.94. The first kappa shape index (κ1) is 16.3. The molecular formula is C20H21N3OS. The van der Waals surface area contributed by atoms with Gasteiger partial charge in [-0.05, 0) is 43.9 Å². The Hall–Kier alpha value is -2.16. The van der Waals surface area contributed by atoms with Crippen LogP contribution in [0.25, 0.3) is 21.5 Å². The second-order valence-electron chi connectivity index (χ2n) is 6.88. The van der Waals surface area contributed by atoms with E-state index in [9.17, 15) is 10.4 Å². The molecule has 5 heteroatoms. The van der Waals surface area contributed by atoms with Crippen molar-refractivity contribution in [3.05, 3.63) is 40.5 Å². The van der Waals surface area contributed by atoms with E-state index in [1.54, 1.807) is 0 Å². The van der Waals surface area contributed by atoms with Gasteiger partial charge in [0.05, 0.1) is 22.7 Å². The molecule has 0 radical (unpaired) electrons. The summed E-state index contributed by atoms with van der Waals surface area (Å²) < 4.78 is 2.25. The highest BCUT2D eigenvalue weighted by atomic mass is 32.1. The first-order valence-corrected chi connectivity index (χ1v) is 9.61. The van der Waals surface area contributed by atoms with Gasteiger partial charge in [0, 0.05) is 29.2 Å². The van der Waals surface area contributed by atoms with Gasteiger partial charge in [0.15, 0.2) is 0 Å². The Morgan fingerprint density at radius 1 is 1.36 bits per heavy atom. The van der Waals surface area contributed by atoms with Crippen molar-refractivity contribution < 1.29 is 5.11 Å². The Morgan fingerprint density at radius 2 is 2.16 bits per heavy atom. The zero-order valence-electron chi connectivity index (χ0n) is 14.3. The van der Waals surface area contributed by atoms with Crippen molar-refractivity contribution in [1.29, 1.82) is 5.26 Å². The third kappa shape index (κ3) is 2.97. The Kier molecular flexibility index (Phi) is 4.32. The molecule has 1 aromatic carbocycles. The van der Waals surface area contributed by atoms with Crippen LogP contribution in [0.3, 0.4) is 0 Å². The molecule has 0 bridgehead atoms. The lowest BCUT2D eigenvalue weighted by Gasteiger charge is -2.11. The molecule has 25 heavy (non-hydrogen) atoms. The summed E-state index contributed by atoms with van der Waals surface area (Å²) in [5, 5.41) is 20.8. The van der Waals surface area contributed by atoms with Gasteiger partial charge in [-0.15, -0.1) is 11.3 Å². The van der Waals surface area contributed by atoms with Crippen molar-refractivity contribution in [2.75, 3.05) is 0 Å². The van der Waals surface area contributed by atoms with Crippen molar-refractivity contribution >= 4 is 22.2 Å². The number of aromatic nitrogens is 2. The number of thiazole rings is 1. The standard InChI is InChI=1S/C20H21N3OS/c1-13-19(12-24)25-20(22-13)15-6-7-18-17(8-15)16(9-21)11-23(18)10-14-4-2-3-5-14/h6-8,11,14,24H,2-5,10,12H2,1H3. The summed E-state index contributed by atoms with van der Waals surface area (Å²) in [7, 11) is 0. The Bertz CT molecular complexity index is 957. The van der Waals surface area contributed by atoms with E-state index < -0.39 is 0 Å². The minimum atomic E-state index is 0.0208. The van der Waals surface area contributed by atoms with Gasteiger partial charge in [-0.25, -0.2) is 4.98 Å². The van der Waals surface area contributed by atoms with Crippen LogP contribution in [-0.4, -0.2) is 14.7 Å². The van der Waals surface area contributed by atoms with Gasteiger partial charge in [0.25, 0.3) is 0 Å². The molecule has 1 aliphatic carbocycles. The minimum absolute atomic E-state index is 0.0208. The van der Waals surface area contributed by atoms with Crippen LogP contribution < -0.4 is 0 Å². The molecule has 1 N–H and O–H groups in total. The van der Waals surface area contributed by atoms with E-state index in [0.717, 1.165) is 50.1 Å². The largest absolute Gasteiger partial charge is 0.391 e. The van der Waals surface area contributed by atoms with Gasteiger partial charge in [-0.1, -0.05) is 12.8 Å². The molecule has 0 atom stereocenters. The van der Waals surface area contributed by atoms with E-state index in [1.165, 1.54) is 37.0 Å². The topological polar surface area (TPSA) is 61.8 Å². The van der Waals surface area contributed by atoms with Crippen LogP contribution >= 0.6 is 11.3 Å². The number of nitrogens with zero attached hydrogens (tertiary/aromatic N) is 3. The molecule has 1 fully saturated rings. The third-order valence-corrected chi connectivity index (χ3v) is 6.41. The Balaban J connectivity index is 1.75. The average Bonchev–Trinajstić information content (AvgIpc) is 3.34. The predicted molar refractivity (Wildman–Crippen MR) is 100 cm³/mol. The van der Waals surface area contributed by atoms with Crippen LogP contribution in [0.15, 0.2) is 24.4 Å². The third-order valence-electron chi connectivity index (χ3n) is 5.21. The lowest BCUT2D eigenvalue weighted by Crippen LogP contribution is -2.05. The van der Waals surface area contributed by atoms with E-state index in [-0.39, 0.29) is 6.61 Å². The maximum atomic E-state index is 9.55. The van der Waals surface area contributed by atoms with Gasteiger partial charge in [-0.3, -0.25) is 0 Å². The summed E-state index contributed by atoms with van der Waals surface area (Å²) in [5.41, 5.74) is 3.74. The SMILES string of the molecule is Cc1nc(-c2ccc3c(c2)c(C#N)cn3CC2CCCC2)sc1CO. The number of hydrogen-bond acceptors (Lipinski definition) is 4. The molecule has 1 aliphatic rings. The smallest absolute Gasteiger partial charge is 0.123 e. The van der Waals surface area contributed by atoms with E-state index in [1.807, 2.05) is 13.1 Å². The Labute approximate surface area is 151 Å². The van der Waals surface area contributed by atoms with Gasteiger partial charge in [0.1, 0.15) is 11.1 Å². The molecule has 4 nitrogen and oxygen atoms in total. The molecule has 2 heterocycles. The zero-order chi connectivity index (χ0) is 17.4. The maximum absolute atomic E-state index is 9.55. The number of benzene rings is 1. The number of hydrogen-bond donors (Lipinski definition) is 1. The number of aliphatic hydroxyl groups excluding tert-OH is 1. The van der Waals surface area contributed by atoms with Gasteiger partial charge in [-0.2, -0.15) is 5.26 Å². The van der Waals surface area contributed by atoms with Crippen LogP contribution in [0.1, 0.15) is 41.8 Å². The predicted octanol–water partition coefficient (Wildman–Crippen LogP) is 4.63. The first-order chi connectivity index (χ1) is 12.2. The summed E-state index contributed by atoms with van der Waals surface area (Å²) in [5.74, 6) is 0.732. The van der Waals surface area contributed by atoms with Crippen molar-refractivity contribution in [2.45, 2.75) is 45.8 Å². The minimum Gasteiger partial charge on any atom is -0.391 e. The molecular weight excluding hydrogens is 330 g/mol. The van der Waals surface area contributed by atoms with E-state index in [4.69, 9.17) is 0 Å². The average molecular weight is 351 g/mol. The number of aliphatic hydroxyl groups is 1. The number of nitriles is 1. The van der Waals surface area contributed by atoms with Crippen molar-refractivity contribution in [1.82, 2.24) is 9.55 Å². The second-order valence-corrected chi connectivity index (χ2v) is 7.96. The fraction of sp³-hybridized carbons (Fsp3) is 0.400. The molecule has 0 amide bonds. The number of rotatable bonds is 4. The summed E-state index contributed by atoms with van der Waals surface area (Å²) >= 11 is 1.52. The summed E-state index contributed by atoms with van der Waals surface area (Å²) in [4.78, 5) is 5.47. The van der Waals surface area contributed by atoms with Crippen LogP contribution in [0, 0.1) is 24.2 Å². The maximum Gasteiger partial charge on any atom is 0.123 e. The molecule has 0 aliphatic heterocycles. The summed E-state index contributed by atoms with van der Waals surface area (Å²) in [6.07, 6.45) is 7.24. The highest BCUT2D eigenvalue weighted by molar-refractivity contribution is 7.15. The molecule has 128 valence electrons. The zero-order valence-corrected chi connectivity index (χ0v) is 15.1. The number of aryl methyl sites for hydroxylation is 1. The number of fused-ring (bicyclic) bond motifs is 1. The van der Waals surface area contributed by atoms with E-state index in [2.05, 4.69) is 33.8 Å². The van der Waals surface area contributed by atoms with Crippen LogP contribution in [-0.2, 0) is 13.2 Å². The van der Waals surface area contributed by atoms with Gasteiger partial charge < -0.3 is 9.67 Å². The van der Waals surface area contributed by atoms with Crippen molar-refractivity contribution in [3.8, 4) is 16.6 Å². The lowest BCUT2D eigenvalue weighted by atomic mass is 10.1. The van der Waals surface area contributed by atoms with Crippen molar-refractivity contribution in [3.63, 3.8) is 0 Å². The monoisotopic (exact) mass is 351 g/mol. The normalized spacial score (nSPS) is 15.1. The van der Waals surface area contributed by atoms with Gasteiger partial charge in [0.2, 0.25) is 0 Å².